The molecule has 7 nitrogen and oxygen atoms in total. The second-order valence-electron chi connectivity index (χ2n) is 5.95. The third kappa shape index (κ3) is 3.52. The van der Waals surface area contributed by atoms with Gasteiger partial charge in [-0.05, 0) is 36.4 Å². The summed E-state index contributed by atoms with van der Waals surface area (Å²) in [5.41, 5.74) is 2.78. The van der Waals surface area contributed by atoms with E-state index in [1.54, 1.807) is 48.9 Å². The van der Waals surface area contributed by atoms with E-state index in [1.165, 1.54) is 0 Å². The van der Waals surface area contributed by atoms with Crippen LogP contribution < -0.4 is 10.1 Å². The van der Waals surface area contributed by atoms with Gasteiger partial charge in [0.25, 0.3) is 5.91 Å². The Morgan fingerprint density at radius 3 is 2.71 bits per heavy atom. The number of hydrogen-bond acceptors (Lipinski definition) is 5. The van der Waals surface area contributed by atoms with Crippen molar-refractivity contribution in [3.63, 3.8) is 0 Å². The Hall–Kier alpha value is -4.18. The van der Waals surface area contributed by atoms with Gasteiger partial charge < -0.3 is 10.1 Å². The van der Waals surface area contributed by atoms with Crippen molar-refractivity contribution >= 4 is 22.6 Å². The first-order chi connectivity index (χ1) is 13.7. The van der Waals surface area contributed by atoms with E-state index in [-0.39, 0.29) is 12.5 Å². The highest BCUT2D eigenvalue weighted by Crippen LogP contribution is 2.18. The quantitative estimate of drug-likeness (QED) is 0.583. The van der Waals surface area contributed by atoms with Gasteiger partial charge in [0.15, 0.2) is 6.61 Å². The first-order valence-electron chi connectivity index (χ1n) is 8.55. The van der Waals surface area contributed by atoms with Crippen molar-refractivity contribution in [2.75, 3.05) is 11.9 Å². The lowest BCUT2D eigenvalue weighted by atomic mass is 10.2. The number of hydrogen-bond donors (Lipinski definition) is 1. The summed E-state index contributed by atoms with van der Waals surface area (Å²) in [5, 5.41) is 11.8. The van der Waals surface area contributed by atoms with Crippen molar-refractivity contribution < 1.29 is 9.53 Å². The molecule has 0 aliphatic heterocycles. The molecule has 2 aromatic carbocycles. The molecule has 0 spiro atoms. The van der Waals surface area contributed by atoms with Crippen LogP contribution in [0.3, 0.4) is 0 Å². The van der Waals surface area contributed by atoms with Gasteiger partial charge in [0.05, 0.1) is 28.5 Å². The molecule has 2 aromatic heterocycles. The highest BCUT2D eigenvalue weighted by atomic mass is 16.5. The Balaban J connectivity index is 1.42. The minimum Gasteiger partial charge on any atom is -0.482 e. The number of nitriles is 1. The number of nitrogens with zero attached hydrogens (tertiary/aromatic N) is 4. The van der Waals surface area contributed by atoms with Gasteiger partial charge in [-0.3, -0.25) is 9.36 Å². The fourth-order valence-electron chi connectivity index (χ4n) is 2.77. The molecule has 2 heterocycles. The van der Waals surface area contributed by atoms with Crippen LogP contribution in [0.5, 0.6) is 5.75 Å². The Bertz CT molecular complexity index is 1180. The molecule has 4 rings (SSSR count). The Kier molecular flexibility index (Phi) is 4.68. The number of amides is 1. The average Bonchev–Trinajstić information content (AvgIpc) is 3.17. The molecule has 0 unspecified atom stereocenters. The third-order valence-corrected chi connectivity index (χ3v) is 4.10. The summed E-state index contributed by atoms with van der Waals surface area (Å²) in [6, 6.07) is 20.1. The number of para-hydroxylation sites is 3. The van der Waals surface area contributed by atoms with E-state index in [4.69, 9.17) is 10.00 Å². The summed E-state index contributed by atoms with van der Waals surface area (Å²) in [5.74, 6) is 0.738. The third-order valence-electron chi connectivity index (χ3n) is 4.10. The van der Waals surface area contributed by atoms with Gasteiger partial charge in [-0.15, -0.1) is 0 Å². The van der Waals surface area contributed by atoms with E-state index in [0.29, 0.717) is 22.8 Å². The van der Waals surface area contributed by atoms with Gasteiger partial charge in [0.2, 0.25) is 0 Å². The molecule has 1 amide bonds. The number of pyridine rings is 1. The van der Waals surface area contributed by atoms with Gasteiger partial charge in [-0.1, -0.05) is 24.3 Å². The lowest BCUT2D eigenvalue weighted by Crippen LogP contribution is -2.20. The Labute approximate surface area is 160 Å². The van der Waals surface area contributed by atoms with Crippen molar-refractivity contribution in [3.05, 3.63) is 78.8 Å². The molecule has 0 saturated heterocycles. The van der Waals surface area contributed by atoms with Crippen LogP contribution in [0.15, 0.2) is 73.2 Å². The van der Waals surface area contributed by atoms with Gasteiger partial charge >= 0.3 is 0 Å². The number of aromatic nitrogens is 3. The number of nitrogens with one attached hydrogen (secondary N) is 1. The van der Waals surface area contributed by atoms with E-state index in [2.05, 4.69) is 15.3 Å². The SMILES string of the molecule is N#Cc1ccccc1OCC(=O)Nc1ccc(-n2cnc3ccccc32)nc1. The highest BCUT2D eigenvalue weighted by Gasteiger charge is 2.08. The molecule has 0 radical (unpaired) electrons. The summed E-state index contributed by atoms with van der Waals surface area (Å²) in [6.07, 6.45) is 3.29. The molecular weight excluding hydrogens is 354 g/mol. The van der Waals surface area contributed by atoms with Crippen molar-refractivity contribution in [1.82, 2.24) is 14.5 Å². The molecule has 0 fully saturated rings. The first-order valence-corrected chi connectivity index (χ1v) is 8.55. The van der Waals surface area contributed by atoms with Crippen LogP contribution >= 0.6 is 0 Å². The van der Waals surface area contributed by atoms with Crippen LogP contribution in [0.4, 0.5) is 5.69 Å². The zero-order chi connectivity index (χ0) is 19.3. The van der Waals surface area contributed by atoms with Crippen molar-refractivity contribution in [3.8, 4) is 17.6 Å². The maximum absolute atomic E-state index is 12.1. The van der Waals surface area contributed by atoms with Gasteiger partial charge in [-0.2, -0.15) is 5.26 Å². The summed E-state index contributed by atoms with van der Waals surface area (Å²) < 4.78 is 7.30. The average molecular weight is 369 g/mol. The summed E-state index contributed by atoms with van der Waals surface area (Å²) >= 11 is 0. The zero-order valence-electron chi connectivity index (χ0n) is 14.7. The molecule has 0 aliphatic rings. The standard InChI is InChI=1S/C21H15N5O2/c22-11-15-5-1-4-8-19(15)28-13-21(27)25-16-9-10-20(23-12-16)26-14-24-17-6-2-3-7-18(17)26/h1-10,12,14H,13H2,(H,25,27). The van der Waals surface area contributed by atoms with Gasteiger partial charge in [0.1, 0.15) is 24.0 Å². The van der Waals surface area contributed by atoms with Crippen LogP contribution in [0.25, 0.3) is 16.9 Å². The zero-order valence-corrected chi connectivity index (χ0v) is 14.7. The largest absolute Gasteiger partial charge is 0.482 e. The molecule has 0 saturated carbocycles. The molecule has 136 valence electrons. The van der Waals surface area contributed by atoms with E-state index in [1.807, 2.05) is 34.9 Å². The first kappa shape index (κ1) is 17.2. The second kappa shape index (κ2) is 7.60. The lowest BCUT2D eigenvalue weighted by molar-refractivity contribution is -0.118. The molecule has 0 bridgehead atoms. The fourth-order valence-corrected chi connectivity index (χ4v) is 2.77. The van der Waals surface area contributed by atoms with E-state index in [0.717, 1.165) is 11.0 Å². The molecule has 4 aromatic rings. The van der Waals surface area contributed by atoms with Crippen LogP contribution in [-0.2, 0) is 4.79 Å². The van der Waals surface area contributed by atoms with Crippen molar-refractivity contribution in [2.45, 2.75) is 0 Å². The highest BCUT2D eigenvalue weighted by molar-refractivity contribution is 5.91. The maximum Gasteiger partial charge on any atom is 0.262 e. The van der Waals surface area contributed by atoms with E-state index >= 15 is 0 Å². The normalized spacial score (nSPS) is 10.4. The number of rotatable bonds is 5. The summed E-state index contributed by atoms with van der Waals surface area (Å²) in [6.45, 7) is -0.202. The molecular formula is C21H15N5O2. The van der Waals surface area contributed by atoms with E-state index in [9.17, 15) is 4.79 Å². The number of ether oxygens (including phenoxy) is 1. The number of carbonyl (C=O) groups is 1. The van der Waals surface area contributed by atoms with Crippen LogP contribution in [0.1, 0.15) is 5.56 Å². The Morgan fingerprint density at radius 1 is 1.07 bits per heavy atom. The fraction of sp³-hybridized carbons (Fsp3) is 0.0476. The predicted molar refractivity (Wildman–Crippen MR) is 104 cm³/mol. The minimum atomic E-state index is -0.338. The molecule has 1 N–H and O–H groups in total. The van der Waals surface area contributed by atoms with Crippen molar-refractivity contribution in [2.24, 2.45) is 0 Å². The number of fused-ring (bicyclic) bond motifs is 1. The van der Waals surface area contributed by atoms with Crippen LogP contribution in [0.2, 0.25) is 0 Å². The van der Waals surface area contributed by atoms with E-state index < -0.39 is 0 Å². The minimum absolute atomic E-state index is 0.202. The van der Waals surface area contributed by atoms with Gasteiger partial charge in [0, 0.05) is 0 Å². The van der Waals surface area contributed by atoms with Crippen LogP contribution in [0, 0.1) is 11.3 Å². The molecule has 0 aliphatic carbocycles. The molecule has 28 heavy (non-hydrogen) atoms. The summed E-state index contributed by atoms with van der Waals surface area (Å²) in [7, 11) is 0. The van der Waals surface area contributed by atoms with Gasteiger partial charge in [-0.25, -0.2) is 9.97 Å². The second-order valence-corrected chi connectivity index (χ2v) is 5.95. The number of imidazole rings is 1. The van der Waals surface area contributed by atoms with Crippen LogP contribution in [-0.4, -0.2) is 27.0 Å². The predicted octanol–water partition coefficient (Wildman–Crippen LogP) is 3.31. The molecule has 0 atom stereocenters. The molecule has 7 heteroatoms. The smallest absolute Gasteiger partial charge is 0.262 e. The number of anilines is 1. The lowest BCUT2D eigenvalue weighted by Gasteiger charge is -2.09. The number of carbonyl (C=O) groups excluding carboxylic acids is 1. The topological polar surface area (TPSA) is 92.8 Å². The monoisotopic (exact) mass is 369 g/mol. The Morgan fingerprint density at radius 2 is 1.89 bits per heavy atom. The number of benzene rings is 2. The van der Waals surface area contributed by atoms with Crippen molar-refractivity contribution in [1.29, 1.82) is 5.26 Å². The summed E-state index contributed by atoms with van der Waals surface area (Å²) in [4.78, 5) is 20.9. The maximum atomic E-state index is 12.1.